The Morgan fingerprint density at radius 1 is 1.21 bits per heavy atom. The van der Waals surface area contributed by atoms with Crippen LogP contribution in [0.15, 0.2) is 29.0 Å². The van der Waals surface area contributed by atoms with E-state index >= 15 is 0 Å². The lowest BCUT2D eigenvalue weighted by Crippen LogP contribution is -2.11. The topological polar surface area (TPSA) is 37.8 Å². The van der Waals surface area contributed by atoms with E-state index in [1.54, 1.807) is 12.4 Å². The Kier molecular flexibility index (Phi) is 4.42. The molecule has 1 atom stereocenters. The maximum Gasteiger partial charge on any atom is 0.0835 e. The van der Waals surface area contributed by atoms with Crippen LogP contribution in [0.1, 0.15) is 29.9 Å². The summed E-state index contributed by atoms with van der Waals surface area (Å²) in [6.07, 6.45) is 3.40. The van der Waals surface area contributed by atoms with Crippen molar-refractivity contribution in [1.29, 1.82) is 0 Å². The van der Waals surface area contributed by atoms with Crippen molar-refractivity contribution >= 4 is 33.2 Å². The van der Waals surface area contributed by atoms with Crippen molar-refractivity contribution in [3.63, 3.8) is 0 Å². The van der Waals surface area contributed by atoms with E-state index in [0.29, 0.717) is 0 Å². The van der Waals surface area contributed by atoms with Gasteiger partial charge in [0.1, 0.15) is 0 Å². The smallest absolute Gasteiger partial charge is 0.0835 e. The highest BCUT2D eigenvalue weighted by molar-refractivity contribution is 9.10. The van der Waals surface area contributed by atoms with Gasteiger partial charge in [-0.1, -0.05) is 11.6 Å². The number of hydrogen-bond acceptors (Lipinski definition) is 3. The standard InChI is InChI=1S/C14H15BrClN3/c1-8-6-11(15)13(7-12(8)16)19-10(3)14-9(2)17-4-5-18-14/h4-7,10,19H,1-3H3. The van der Waals surface area contributed by atoms with Gasteiger partial charge in [-0.15, -0.1) is 0 Å². The second-order valence-corrected chi connectivity index (χ2v) is 5.74. The fourth-order valence-electron chi connectivity index (χ4n) is 1.90. The van der Waals surface area contributed by atoms with Crippen LogP contribution in [0.3, 0.4) is 0 Å². The molecule has 0 aliphatic heterocycles. The summed E-state index contributed by atoms with van der Waals surface area (Å²) in [6, 6.07) is 3.98. The number of aromatic nitrogens is 2. The molecule has 2 rings (SSSR count). The molecule has 0 amide bonds. The van der Waals surface area contributed by atoms with Crippen LogP contribution in [-0.4, -0.2) is 9.97 Å². The molecule has 1 unspecified atom stereocenters. The maximum absolute atomic E-state index is 6.16. The lowest BCUT2D eigenvalue weighted by molar-refractivity contribution is 0.809. The molecule has 0 saturated heterocycles. The molecular weight excluding hydrogens is 326 g/mol. The van der Waals surface area contributed by atoms with Crippen LogP contribution in [-0.2, 0) is 0 Å². The normalized spacial score (nSPS) is 12.3. The predicted molar refractivity (Wildman–Crippen MR) is 82.7 cm³/mol. The van der Waals surface area contributed by atoms with Gasteiger partial charge in [-0.25, -0.2) is 0 Å². The quantitative estimate of drug-likeness (QED) is 0.881. The molecule has 0 radical (unpaired) electrons. The summed E-state index contributed by atoms with van der Waals surface area (Å²) in [5, 5.41) is 4.15. The average molecular weight is 341 g/mol. The summed E-state index contributed by atoms with van der Waals surface area (Å²) in [7, 11) is 0. The number of hydrogen-bond donors (Lipinski definition) is 1. The van der Waals surface area contributed by atoms with E-state index in [0.717, 1.165) is 32.1 Å². The number of nitrogens with zero attached hydrogens (tertiary/aromatic N) is 2. The van der Waals surface area contributed by atoms with E-state index in [1.165, 1.54) is 0 Å². The molecule has 0 spiro atoms. The van der Waals surface area contributed by atoms with Gasteiger partial charge in [0, 0.05) is 21.9 Å². The molecule has 2 aromatic rings. The van der Waals surface area contributed by atoms with Gasteiger partial charge in [-0.2, -0.15) is 0 Å². The van der Waals surface area contributed by atoms with Crippen LogP contribution in [0.5, 0.6) is 0 Å². The summed E-state index contributed by atoms with van der Waals surface area (Å²) in [6.45, 7) is 5.99. The fraction of sp³-hybridized carbons (Fsp3) is 0.286. The number of benzene rings is 1. The fourth-order valence-corrected chi connectivity index (χ4v) is 2.64. The molecule has 0 aliphatic rings. The molecule has 3 nitrogen and oxygen atoms in total. The first kappa shape index (κ1) is 14.3. The zero-order chi connectivity index (χ0) is 14.0. The molecule has 5 heteroatoms. The highest BCUT2D eigenvalue weighted by atomic mass is 79.9. The molecule has 1 aromatic carbocycles. The molecule has 1 heterocycles. The molecule has 0 bridgehead atoms. The molecule has 0 fully saturated rings. The maximum atomic E-state index is 6.16. The second-order valence-electron chi connectivity index (χ2n) is 4.47. The van der Waals surface area contributed by atoms with Crippen LogP contribution < -0.4 is 5.32 Å². The summed E-state index contributed by atoms with van der Waals surface area (Å²) in [5.74, 6) is 0. The molecule has 1 N–H and O–H groups in total. The largest absolute Gasteiger partial charge is 0.376 e. The first-order valence-corrected chi connectivity index (χ1v) is 7.16. The average Bonchev–Trinajstić information content (AvgIpc) is 2.36. The molecule has 100 valence electrons. The van der Waals surface area contributed by atoms with Crippen molar-refractivity contribution in [1.82, 2.24) is 9.97 Å². The van der Waals surface area contributed by atoms with E-state index in [-0.39, 0.29) is 6.04 Å². The number of nitrogens with one attached hydrogen (secondary N) is 1. The number of anilines is 1. The Labute approximate surface area is 126 Å². The van der Waals surface area contributed by atoms with Crippen molar-refractivity contribution in [3.05, 3.63) is 51.0 Å². The predicted octanol–water partition coefficient (Wildman–Crippen LogP) is 4.68. The van der Waals surface area contributed by atoms with Gasteiger partial charge in [0.25, 0.3) is 0 Å². The van der Waals surface area contributed by atoms with Crippen LogP contribution in [0.4, 0.5) is 5.69 Å². The first-order valence-electron chi connectivity index (χ1n) is 5.98. The molecule has 1 aromatic heterocycles. The number of aryl methyl sites for hydroxylation is 2. The van der Waals surface area contributed by atoms with Gasteiger partial charge < -0.3 is 5.32 Å². The van der Waals surface area contributed by atoms with Gasteiger partial charge in [-0.05, 0) is 54.4 Å². The Balaban J connectivity index is 2.27. The highest BCUT2D eigenvalue weighted by Gasteiger charge is 2.12. The third-order valence-electron chi connectivity index (χ3n) is 2.95. The number of halogens is 2. The Morgan fingerprint density at radius 3 is 2.58 bits per heavy atom. The van der Waals surface area contributed by atoms with Gasteiger partial charge in [0.2, 0.25) is 0 Å². The monoisotopic (exact) mass is 339 g/mol. The van der Waals surface area contributed by atoms with E-state index in [1.807, 2.05) is 26.0 Å². The lowest BCUT2D eigenvalue weighted by Gasteiger charge is -2.18. The van der Waals surface area contributed by atoms with Gasteiger partial charge >= 0.3 is 0 Å². The highest BCUT2D eigenvalue weighted by Crippen LogP contribution is 2.31. The van der Waals surface area contributed by atoms with Crippen molar-refractivity contribution in [2.24, 2.45) is 0 Å². The minimum atomic E-state index is 0.0590. The van der Waals surface area contributed by atoms with E-state index in [9.17, 15) is 0 Å². The van der Waals surface area contributed by atoms with Gasteiger partial charge in [0.05, 0.1) is 23.1 Å². The number of rotatable bonds is 3. The van der Waals surface area contributed by atoms with Gasteiger partial charge in [0.15, 0.2) is 0 Å². The zero-order valence-corrected chi connectivity index (χ0v) is 13.4. The Bertz CT molecular complexity index is 601. The van der Waals surface area contributed by atoms with Gasteiger partial charge in [-0.3, -0.25) is 9.97 Å². The van der Waals surface area contributed by atoms with Crippen molar-refractivity contribution in [2.45, 2.75) is 26.8 Å². The van der Waals surface area contributed by atoms with Crippen molar-refractivity contribution in [3.8, 4) is 0 Å². The molecule has 0 saturated carbocycles. The van der Waals surface area contributed by atoms with Crippen LogP contribution in [0.25, 0.3) is 0 Å². The zero-order valence-electron chi connectivity index (χ0n) is 11.0. The summed E-state index contributed by atoms with van der Waals surface area (Å²) in [4.78, 5) is 8.63. The minimum Gasteiger partial charge on any atom is -0.376 e. The summed E-state index contributed by atoms with van der Waals surface area (Å²) >= 11 is 9.70. The van der Waals surface area contributed by atoms with Crippen LogP contribution in [0.2, 0.25) is 5.02 Å². The van der Waals surface area contributed by atoms with E-state index in [4.69, 9.17) is 11.6 Å². The lowest BCUT2D eigenvalue weighted by atomic mass is 10.1. The van der Waals surface area contributed by atoms with Crippen LogP contribution in [0, 0.1) is 13.8 Å². The first-order chi connectivity index (χ1) is 8.99. The molecular formula is C14H15BrClN3. The molecule has 0 aliphatic carbocycles. The van der Waals surface area contributed by atoms with Crippen molar-refractivity contribution in [2.75, 3.05) is 5.32 Å². The molecule has 19 heavy (non-hydrogen) atoms. The third-order valence-corrected chi connectivity index (χ3v) is 4.01. The van der Waals surface area contributed by atoms with Crippen LogP contribution >= 0.6 is 27.5 Å². The summed E-state index contributed by atoms with van der Waals surface area (Å²) < 4.78 is 0.989. The van der Waals surface area contributed by atoms with Crippen molar-refractivity contribution < 1.29 is 0 Å². The second kappa shape index (κ2) is 5.88. The SMILES string of the molecule is Cc1cc(Br)c(NC(C)c2nccnc2C)cc1Cl. The van der Waals surface area contributed by atoms with E-state index in [2.05, 4.69) is 38.1 Å². The Morgan fingerprint density at radius 2 is 1.89 bits per heavy atom. The minimum absolute atomic E-state index is 0.0590. The summed E-state index contributed by atoms with van der Waals surface area (Å²) in [5.41, 5.74) is 3.86. The van der Waals surface area contributed by atoms with E-state index < -0.39 is 0 Å². The third kappa shape index (κ3) is 3.25. The Hall–Kier alpha value is -1.13.